The van der Waals surface area contributed by atoms with Gasteiger partial charge in [-0.1, -0.05) is 6.07 Å². The maximum atomic E-state index is 12.6. The molecule has 0 aliphatic heterocycles. The largest absolute Gasteiger partial charge is 0.416 e. The van der Waals surface area contributed by atoms with E-state index < -0.39 is 30.6 Å². The Balaban J connectivity index is 2.88. The van der Waals surface area contributed by atoms with Crippen LogP contribution in [0, 0.1) is 0 Å². The third kappa shape index (κ3) is 4.97. The lowest BCUT2D eigenvalue weighted by atomic mass is 9.95. The molecule has 0 aliphatic rings. The Bertz CT molecular complexity index is 519. The minimum atomic E-state index is -4.56. The van der Waals surface area contributed by atoms with Gasteiger partial charge in [0.05, 0.1) is 18.3 Å². The maximum absolute atomic E-state index is 12.6. The van der Waals surface area contributed by atoms with Crippen LogP contribution in [0.25, 0.3) is 0 Å². The van der Waals surface area contributed by atoms with E-state index in [1.165, 1.54) is 6.92 Å². The Kier molecular flexibility index (Phi) is 6.34. The van der Waals surface area contributed by atoms with E-state index in [-0.39, 0.29) is 30.0 Å². The molecule has 1 rings (SSSR count). The van der Waals surface area contributed by atoms with Gasteiger partial charge in [0.15, 0.2) is 0 Å². The van der Waals surface area contributed by atoms with Gasteiger partial charge in [-0.05, 0) is 29.7 Å². The van der Waals surface area contributed by atoms with Crippen molar-refractivity contribution in [3.63, 3.8) is 0 Å². The molecule has 0 saturated carbocycles. The SMILES string of the molecule is CC(=O)NCCC(O)C(O)c1ccc(C(F)(F)F)cc1CO. The highest BCUT2D eigenvalue weighted by Crippen LogP contribution is 2.32. The number of aliphatic hydroxyl groups is 3. The summed E-state index contributed by atoms with van der Waals surface area (Å²) >= 11 is 0. The fourth-order valence-corrected chi connectivity index (χ4v) is 1.97. The van der Waals surface area contributed by atoms with Gasteiger partial charge in [-0.3, -0.25) is 4.79 Å². The van der Waals surface area contributed by atoms with Gasteiger partial charge in [0, 0.05) is 13.5 Å². The van der Waals surface area contributed by atoms with Crippen LogP contribution in [-0.2, 0) is 17.6 Å². The van der Waals surface area contributed by atoms with E-state index >= 15 is 0 Å². The maximum Gasteiger partial charge on any atom is 0.416 e. The number of alkyl halides is 3. The third-order valence-electron chi connectivity index (χ3n) is 3.14. The van der Waals surface area contributed by atoms with E-state index in [0.29, 0.717) is 0 Å². The van der Waals surface area contributed by atoms with Crippen LogP contribution in [0.3, 0.4) is 0 Å². The standard InChI is InChI=1S/C14H18F3NO4/c1-8(20)18-5-4-12(21)13(22)11-3-2-10(14(15,16)17)6-9(11)7-19/h2-3,6,12-13,19,21-22H,4-5,7H2,1H3,(H,18,20). The van der Waals surface area contributed by atoms with Crippen molar-refractivity contribution >= 4 is 5.91 Å². The van der Waals surface area contributed by atoms with E-state index in [2.05, 4.69) is 5.32 Å². The van der Waals surface area contributed by atoms with Crippen LogP contribution in [-0.4, -0.2) is 33.9 Å². The normalized spacial score (nSPS) is 14.5. The topological polar surface area (TPSA) is 89.8 Å². The molecule has 0 bridgehead atoms. The molecule has 1 amide bonds. The smallest absolute Gasteiger partial charge is 0.392 e. The van der Waals surface area contributed by atoms with Crippen LogP contribution in [0.2, 0.25) is 0 Å². The molecule has 0 radical (unpaired) electrons. The number of carbonyl (C=O) groups is 1. The van der Waals surface area contributed by atoms with E-state index in [0.717, 1.165) is 18.2 Å². The van der Waals surface area contributed by atoms with Gasteiger partial charge < -0.3 is 20.6 Å². The summed E-state index contributed by atoms with van der Waals surface area (Å²) < 4.78 is 37.8. The summed E-state index contributed by atoms with van der Waals surface area (Å²) in [6.45, 7) is 0.708. The monoisotopic (exact) mass is 321 g/mol. The van der Waals surface area contributed by atoms with Gasteiger partial charge in [0.25, 0.3) is 0 Å². The third-order valence-corrected chi connectivity index (χ3v) is 3.14. The van der Waals surface area contributed by atoms with Crippen molar-refractivity contribution in [2.75, 3.05) is 6.54 Å². The molecule has 4 N–H and O–H groups in total. The Morgan fingerprint density at radius 1 is 1.32 bits per heavy atom. The van der Waals surface area contributed by atoms with Crippen LogP contribution in [0.15, 0.2) is 18.2 Å². The van der Waals surface area contributed by atoms with Crippen molar-refractivity contribution in [3.05, 3.63) is 34.9 Å². The van der Waals surface area contributed by atoms with Crippen LogP contribution in [0.4, 0.5) is 13.2 Å². The molecule has 0 saturated heterocycles. The zero-order chi connectivity index (χ0) is 16.9. The Morgan fingerprint density at radius 3 is 2.45 bits per heavy atom. The molecule has 22 heavy (non-hydrogen) atoms. The Labute approximate surface area is 125 Å². The predicted molar refractivity (Wildman–Crippen MR) is 71.6 cm³/mol. The summed E-state index contributed by atoms with van der Waals surface area (Å²) in [7, 11) is 0. The molecule has 0 heterocycles. The number of nitrogens with one attached hydrogen (secondary N) is 1. The summed E-state index contributed by atoms with van der Waals surface area (Å²) in [5.74, 6) is -0.299. The first-order chi connectivity index (χ1) is 10.2. The number of rotatable bonds is 6. The fourth-order valence-electron chi connectivity index (χ4n) is 1.97. The van der Waals surface area contributed by atoms with E-state index in [1.807, 2.05) is 0 Å². The number of aliphatic hydroxyl groups excluding tert-OH is 3. The first-order valence-corrected chi connectivity index (χ1v) is 6.58. The zero-order valence-electron chi connectivity index (χ0n) is 11.9. The highest BCUT2D eigenvalue weighted by Gasteiger charge is 2.32. The minimum Gasteiger partial charge on any atom is -0.392 e. The molecule has 2 unspecified atom stereocenters. The average Bonchev–Trinajstić information content (AvgIpc) is 2.44. The van der Waals surface area contributed by atoms with Gasteiger partial charge >= 0.3 is 6.18 Å². The molecule has 1 aromatic carbocycles. The number of hydrogen-bond donors (Lipinski definition) is 4. The molecule has 2 atom stereocenters. The van der Waals surface area contributed by atoms with E-state index in [4.69, 9.17) is 0 Å². The molecule has 0 fully saturated rings. The van der Waals surface area contributed by atoms with Crippen LogP contribution in [0.5, 0.6) is 0 Å². The second kappa shape index (κ2) is 7.57. The highest BCUT2D eigenvalue weighted by atomic mass is 19.4. The molecule has 0 spiro atoms. The van der Waals surface area contributed by atoms with Gasteiger partial charge in [0.1, 0.15) is 6.10 Å². The lowest BCUT2D eigenvalue weighted by Gasteiger charge is -2.21. The summed E-state index contributed by atoms with van der Waals surface area (Å²) in [6, 6.07) is 2.54. The lowest BCUT2D eigenvalue weighted by Crippen LogP contribution is -2.28. The number of benzene rings is 1. The number of carbonyl (C=O) groups excluding carboxylic acids is 1. The number of amides is 1. The molecule has 0 aliphatic carbocycles. The summed E-state index contributed by atoms with van der Waals surface area (Å²) in [4.78, 5) is 10.7. The van der Waals surface area contributed by atoms with Crippen molar-refractivity contribution in [1.29, 1.82) is 0 Å². The summed E-state index contributed by atoms with van der Waals surface area (Å²) in [5, 5.41) is 31.4. The van der Waals surface area contributed by atoms with Gasteiger partial charge in [-0.2, -0.15) is 13.2 Å². The molecule has 0 aromatic heterocycles. The predicted octanol–water partition coefficient (Wildman–Crippen LogP) is 1.12. The van der Waals surface area contributed by atoms with Crippen molar-refractivity contribution < 1.29 is 33.3 Å². The Morgan fingerprint density at radius 2 is 1.95 bits per heavy atom. The second-order valence-electron chi connectivity index (χ2n) is 4.85. The summed E-state index contributed by atoms with van der Waals surface area (Å²) in [5.41, 5.74) is -1.04. The molecule has 1 aromatic rings. The van der Waals surface area contributed by atoms with Gasteiger partial charge in [-0.25, -0.2) is 0 Å². The number of halogens is 3. The molecule has 5 nitrogen and oxygen atoms in total. The van der Waals surface area contributed by atoms with E-state index in [9.17, 15) is 33.3 Å². The first kappa shape index (κ1) is 18.4. The fraction of sp³-hybridized carbons (Fsp3) is 0.500. The van der Waals surface area contributed by atoms with Crippen molar-refractivity contribution in [3.8, 4) is 0 Å². The minimum absolute atomic E-state index is 0.0193. The van der Waals surface area contributed by atoms with Crippen LogP contribution < -0.4 is 5.32 Å². The van der Waals surface area contributed by atoms with E-state index in [1.54, 1.807) is 0 Å². The van der Waals surface area contributed by atoms with Crippen molar-refractivity contribution in [2.45, 2.75) is 38.3 Å². The zero-order valence-corrected chi connectivity index (χ0v) is 11.9. The number of hydrogen-bond acceptors (Lipinski definition) is 4. The Hall–Kier alpha value is -1.64. The highest BCUT2D eigenvalue weighted by molar-refractivity contribution is 5.72. The lowest BCUT2D eigenvalue weighted by molar-refractivity contribution is -0.137. The first-order valence-electron chi connectivity index (χ1n) is 6.58. The average molecular weight is 321 g/mol. The molecule has 8 heteroatoms. The quantitative estimate of drug-likeness (QED) is 0.632. The van der Waals surface area contributed by atoms with Crippen molar-refractivity contribution in [1.82, 2.24) is 5.32 Å². The van der Waals surface area contributed by atoms with Crippen molar-refractivity contribution in [2.24, 2.45) is 0 Å². The molecular weight excluding hydrogens is 303 g/mol. The van der Waals surface area contributed by atoms with Crippen LogP contribution >= 0.6 is 0 Å². The second-order valence-corrected chi connectivity index (χ2v) is 4.85. The van der Waals surface area contributed by atoms with Gasteiger partial charge in [-0.15, -0.1) is 0 Å². The summed E-state index contributed by atoms with van der Waals surface area (Å²) in [6.07, 6.45) is -7.28. The molecular formula is C14H18F3NO4. The van der Waals surface area contributed by atoms with Crippen LogP contribution in [0.1, 0.15) is 36.1 Å². The molecule has 124 valence electrons. The van der Waals surface area contributed by atoms with Gasteiger partial charge in [0.2, 0.25) is 5.91 Å².